The number of allylic oxidation sites excluding steroid dienone is 1. The molecule has 4 heteroatoms. The van der Waals surface area contributed by atoms with Gasteiger partial charge in [-0.3, -0.25) is 0 Å². The van der Waals surface area contributed by atoms with Gasteiger partial charge in [-0.05, 0) is 0 Å². The summed E-state index contributed by atoms with van der Waals surface area (Å²) in [6, 6.07) is 16.1. The molecule has 1 atom stereocenters. The maximum atomic E-state index is 2.50. The molecule has 125 valence electrons. The summed E-state index contributed by atoms with van der Waals surface area (Å²) in [5.41, 5.74) is 8.93. The number of hydrogen-bond donors (Lipinski definition) is 0. The molecule has 0 amide bonds. The summed E-state index contributed by atoms with van der Waals surface area (Å²) in [6.45, 7) is 9.55. The summed E-state index contributed by atoms with van der Waals surface area (Å²) >= 11 is -0.309. The monoisotopic (exact) mass is 451 g/mol. The molecule has 1 aliphatic carbocycles. The van der Waals surface area contributed by atoms with Gasteiger partial charge in [-0.15, -0.1) is 0 Å². The molecule has 0 fully saturated rings. The van der Waals surface area contributed by atoms with Crippen molar-refractivity contribution in [1.82, 2.24) is 0 Å². The fourth-order valence-corrected chi connectivity index (χ4v) is 12.1. The van der Waals surface area contributed by atoms with E-state index < -0.39 is 0 Å². The molecular formula is C20H23Cl2SiZr. The quantitative estimate of drug-likeness (QED) is 0.559. The van der Waals surface area contributed by atoms with E-state index in [1.54, 1.807) is 11.1 Å². The van der Waals surface area contributed by atoms with Crippen LogP contribution in [0.4, 0.5) is 0 Å². The van der Waals surface area contributed by atoms with E-state index in [1.165, 1.54) is 22.3 Å². The van der Waals surface area contributed by atoms with Crippen LogP contribution in [0.15, 0.2) is 48.0 Å². The standard InChI is InChI=1S/C18H17.C2H6Si.2ClH.Zr/c1-3-14-7-9-15(10-8-14)17-6-4-5-16-11-13(2)12-18(16)17;1-3-2;;;/h4-12H,3H2,1-2H3;1-2H3;2*1H;/q;;;;+2/p-2. The SMILES string of the molecule is CCc1ccc(-c2cccc3c2C=C(C)[CH]3[Zr+2][Si](C)C)cc1.[Cl-].[Cl-]. The van der Waals surface area contributed by atoms with E-state index in [4.69, 9.17) is 0 Å². The first kappa shape index (κ1) is 21.9. The Hall–Kier alpha value is -0.140. The van der Waals surface area contributed by atoms with Gasteiger partial charge in [0.1, 0.15) is 0 Å². The molecule has 0 aliphatic heterocycles. The summed E-state index contributed by atoms with van der Waals surface area (Å²) in [7, 11) is 0. The molecule has 0 aromatic heterocycles. The molecular weight excluding hydrogens is 430 g/mol. The van der Waals surface area contributed by atoms with Crippen molar-refractivity contribution in [3.8, 4) is 11.1 Å². The van der Waals surface area contributed by atoms with E-state index in [0.717, 1.165) is 10.0 Å². The van der Waals surface area contributed by atoms with Crippen molar-refractivity contribution < 1.29 is 47.2 Å². The van der Waals surface area contributed by atoms with Crippen molar-refractivity contribution >= 4 is 12.0 Å². The van der Waals surface area contributed by atoms with Crippen molar-refractivity contribution in [3.63, 3.8) is 0 Å². The van der Waals surface area contributed by atoms with E-state index in [2.05, 4.69) is 75.5 Å². The number of rotatable bonds is 4. The molecule has 0 saturated heterocycles. The minimum atomic E-state index is -0.309. The van der Waals surface area contributed by atoms with Gasteiger partial charge in [0.2, 0.25) is 0 Å². The van der Waals surface area contributed by atoms with Crippen LogP contribution in [0.5, 0.6) is 0 Å². The van der Waals surface area contributed by atoms with Gasteiger partial charge in [-0.1, -0.05) is 0 Å². The Morgan fingerprint density at radius 2 is 1.67 bits per heavy atom. The normalized spacial score (nSPS) is 15.0. The van der Waals surface area contributed by atoms with Gasteiger partial charge >= 0.3 is 147 Å². The first-order chi connectivity index (χ1) is 10.6. The molecule has 0 spiro atoms. The number of hydrogen-bond acceptors (Lipinski definition) is 0. The van der Waals surface area contributed by atoms with E-state index >= 15 is 0 Å². The third-order valence-corrected chi connectivity index (χ3v) is 13.5. The summed E-state index contributed by atoms with van der Waals surface area (Å²) in [5, 5.41) is 0. The fourth-order valence-electron chi connectivity index (χ4n) is 3.20. The van der Waals surface area contributed by atoms with Crippen molar-refractivity contribution in [2.45, 2.75) is 37.0 Å². The van der Waals surface area contributed by atoms with Crippen LogP contribution in [0.25, 0.3) is 17.2 Å². The molecule has 1 aliphatic rings. The van der Waals surface area contributed by atoms with Crippen LogP contribution in [0, 0.1) is 0 Å². The Kier molecular flexibility index (Phi) is 8.70. The summed E-state index contributed by atoms with van der Waals surface area (Å²) < 4.78 is 0.817. The zero-order valence-corrected chi connectivity index (χ0v) is 19.6. The molecule has 0 saturated carbocycles. The predicted octanol–water partition coefficient (Wildman–Crippen LogP) is -0.284. The second-order valence-electron chi connectivity index (χ2n) is 6.32. The average molecular weight is 454 g/mol. The Morgan fingerprint density at radius 3 is 2.25 bits per heavy atom. The van der Waals surface area contributed by atoms with E-state index in [-0.39, 0.29) is 53.1 Å². The van der Waals surface area contributed by atoms with E-state index in [9.17, 15) is 0 Å². The Morgan fingerprint density at radius 1 is 1.00 bits per heavy atom. The van der Waals surface area contributed by atoms with Gasteiger partial charge in [-0.2, -0.15) is 0 Å². The fraction of sp³-hybridized carbons (Fsp3) is 0.300. The third kappa shape index (κ3) is 4.52. The molecule has 2 aromatic rings. The van der Waals surface area contributed by atoms with Crippen molar-refractivity contribution in [2.24, 2.45) is 0 Å². The van der Waals surface area contributed by atoms with Gasteiger partial charge in [0.25, 0.3) is 0 Å². The average Bonchev–Trinajstić information content (AvgIpc) is 2.83. The molecule has 24 heavy (non-hydrogen) atoms. The van der Waals surface area contributed by atoms with Gasteiger partial charge in [-0.25, -0.2) is 0 Å². The second-order valence-corrected chi connectivity index (χ2v) is 19.5. The van der Waals surface area contributed by atoms with E-state index in [1.807, 2.05) is 0 Å². The van der Waals surface area contributed by atoms with Crippen LogP contribution in [-0.4, -0.2) is 5.92 Å². The van der Waals surface area contributed by atoms with Crippen molar-refractivity contribution in [3.05, 3.63) is 64.7 Å². The summed E-state index contributed by atoms with van der Waals surface area (Å²) in [4.78, 5) is 0. The maximum absolute atomic E-state index is 2.50. The number of aryl methyl sites for hydroxylation is 1. The van der Waals surface area contributed by atoms with Crippen molar-refractivity contribution in [1.29, 1.82) is 0 Å². The minimum absolute atomic E-state index is 0. The van der Waals surface area contributed by atoms with Gasteiger partial charge in [0.15, 0.2) is 0 Å². The van der Waals surface area contributed by atoms with Gasteiger partial charge in [0, 0.05) is 0 Å². The Bertz CT molecular complexity index is 708. The number of fused-ring (bicyclic) bond motifs is 1. The van der Waals surface area contributed by atoms with Crippen LogP contribution in [0.3, 0.4) is 0 Å². The van der Waals surface area contributed by atoms with E-state index in [0.29, 0.717) is 0 Å². The molecule has 0 N–H and O–H groups in total. The Labute approximate surface area is 171 Å². The largest absolute Gasteiger partial charge is 1.00 e. The number of benzene rings is 2. The van der Waals surface area contributed by atoms with Gasteiger partial charge < -0.3 is 24.8 Å². The molecule has 0 nitrogen and oxygen atoms in total. The number of halogens is 2. The summed E-state index contributed by atoms with van der Waals surface area (Å²) in [6.07, 6.45) is 3.58. The predicted molar refractivity (Wildman–Crippen MR) is 95.1 cm³/mol. The molecule has 0 bridgehead atoms. The second kappa shape index (κ2) is 9.53. The van der Waals surface area contributed by atoms with Gasteiger partial charge in [0.05, 0.1) is 0 Å². The molecule has 1 unspecified atom stereocenters. The van der Waals surface area contributed by atoms with Crippen LogP contribution in [0.1, 0.15) is 34.2 Å². The third-order valence-electron chi connectivity index (χ3n) is 4.38. The van der Waals surface area contributed by atoms with Crippen LogP contribution in [-0.2, 0) is 28.8 Å². The van der Waals surface area contributed by atoms with Crippen molar-refractivity contribution in [2.75, 3.05) is 0 Å². The summed E-state index contributed by atoms with van der Waals surface area (Å²) in [5.74, 6) is -0.0482. The molecule has 1 radical (unpaired) electrons. The molecule has 0 heterocycles. The zero-order chi connectivity index (χ0) is 15.7. The first-order valence-electron chi connectivity index (χ1n) is 8.07. The van der Waals surface area contributed by atoms with Crippen LogP contribution in [0.2, 0.25) is 13.1 Å². The molecule has 3 rings (SSSR count). The maximum Gasteiger partial charge on any atom is -1.00 e. The molecule has 2 aromatic carbocycles. The topological polar surface area (TPSA) is 0 Å². The van der Waals surface area contributed by atoms with Crippen LogP contribution < -0.4 is 24.8 Å². The van der Waals surface area contributed by atoms with Crippen LogP contribution >= 0.6 is 0 Å². The smallest absolute Gasteiger partial charge is 1.00 e. The minimum Gasteiger partial charge on any atom is -1.00 e. The Balaban J connectivity index is 0.00000144. The first-order valence-corrected chi connectivity index (χ1v) is 15.7. The zero-order valence-electron chi connectivity index (χ0n) is 14.7.